The highest BCUT2D eigenvalue weighted by atomic mass is 35.5. The number of rotatable bonds is 6. The summed E-state index contributed by atoms with van der Waals surface area (Å²) in [4.78, 5) is 4.04. The summed E-state index contributed by atoms with van der Waals surface area (Å²) in [6, 6.07) is 3.82. The average molecular weight is 313 g/mol. The smallest absolute Gasteiger partial charge is 0.209 e. The molecule has 0 aliphatic carbocycles. The monoisotopic (exact) mass is 312 g/mol. The van der Waals surface area contributed by atoms with Crippen LogP contribution in [-0.4, -0.2) is 25.1 Å². The van der Waals surface area contributed by atoms with E-state index in [4.69, 9.17) is 33.5 Å². The van der Waals surface area contributed by atoms with Gasteiger partial charge >= 0.3 is 0 Å². The number of halogens is 1. The lowest BCUT2D eigenvalue weighted by atomic mass is 10.1. The Kier molecular flexibility index (Phi) is 6.61. The van der Waals surface area contributed by atoms with Gasteiger partial charge in [0.1, 0.15) is 5.75 Å². The van der Waals surface area contributed by atoms with Crippen molar-refractivity contribution in [2.45, 2.75) is 20.3 Å². The van der Waals surface area contributed by atoms with Gasteiger partial charge in [0, 0.05) is 18.0 Å². The molecule has 1 aromatic rings. The molecule has 0 aliphatic heterocycles. The Balaban J connectivity index is 2.35. The Morgan fingerprint density at radius 3 is 2.43 bits per heavy atom. The SMILES string of the molecule is Cc1cc(OCCCN=C(N)NN=C(N)N)cc(C)c1Cl. The van der Waals surface area contributed by atoms with Gasteiger partial charge in [0.2, 0.25) is 11.9 Å². The number of nitrogens with two attached hydrogens (primary N) is 3. The van der Waals surface area contributed by atoms with Crippen LogP contribution in [0.2, 0.25) is 5.02 Å². The average Bonchev–Trinajstić information content (AvgIpc) is 2.42. The number of hydrogen-bond acceptors (Lipinski definition) is 3. The molecule has 0 heterocycles. The lowest BCUT2D eigenvalue weighted by Crippen LogP contribution is -2.33. The van der Waals surface area contributed by atoms with Crippen LogP contribution in [0.25, 0.3) is 0 Å². The highest BCUT2D eigenvalue weighted by molar-refractivity contribution is 6.32. The van der Waals surface area contributed by atoms with Crippen LogP contribution >= 0.6 is 11.6 Å². The number of hydrogen-bond donors (Lipinski definition) is 4. The molecule has 8 heteroatoms. The zero-order valence-electron chi connectivity index (χ0n) is 12.2. The highest BCUT2D eigenvalue weighted by Gasteiger charge is 2.03. The van der Waals surface area contributed by atoms with Crippen LogP contribution in [0.15, 0.2) is 22.2 Å². The Bertz CT molecular complexity index is 516. The normalized spacial score (nSPS) is 11.1. The third kappa shape index (κ3) is 6.22. The molecular formula is C13H21ClN6O. The molecule has 0 saturated heterocycles. The number of aliphatic imine (C=N–C) groups is 1. The largest absolute Gasteiger partial charge is 0.494 e. The van der Waals surface area contributed by atoms with Crippen LogP contribution in [0.1, 0.15) is 17.5 Å². The van der Waals surface area contributed by atoms with Crippen molar-refractivity contribution in [1.82, 2.24) is 5.43 Å². The van der Waals surface area contributed by atoms with E-state index in [0.29, 0.717) is 19.6 Å². The van der Waals surface area contributed by atoms with Crippen LogP contribution in [0.3, 0.4) is 0 Å². The van der Waals surface area contributed by atoms with E-state index in [-0.39, 0.29) is 11.9 Å². The molecule has 0 amide bonds. The maximum absolute atomic E-state index is 6.10. The Morgan fingerprint density at radius 2 is 1.86 bits per heavy atom. The first-order valence-electron chi connectivity index (χ1n) is 6.44. The molecule has 0 atom stereocenters. The third-order valence-corrected chi connectivity index (χ3v) is 3.16. The van der Waals surface area contributed by atoms with Crippen molar-refractivity contribution in [2.75, 3.05) is 13.2 Å². The lowest BCUT2D eigenvalue weighted by molar-refractivity contribution is 0.313. The predicted molar refractivity (Wildman–Crippen MR) is 86.5 cm³/mol. The number of benzene rings is 1. The molecule has 0 aliphatic rings. The van der Waals surface area contributed by atoms with Crippen molar-refractivity contribution < 1.29 is 4.74 Å². The molecule has 0 bridgehead atoms. The fourth-order valence-corrected chi connectivity index (χ4v) is 1.71. The standard InChI is InChI=1S/C13H21ClN6O/c1-8-6-10(7-9(2)11(8)14)21-5-3-4-18-13(17)20-19-12(15)16/h6-7H,3-5H2,1-2H3,(H4,15,16,19)(H3,17,18,20). The van der Waals surface area contributed by atoms with Gasteiger partial charge in [0.05, 0.1) is 6.61 Å². The number of aryl methyl sites for hydroxylation is 2. The fraction of sp³-hybridized carbons (Fsp3) is 0.385. The molecular weight excluding hydrogens is 292 g/mol. The van der Waals surface area contributed by atoms with Crippen molar-refractivity contribution in [3.8, 4) is 5.75 Å². The summed E-state index contributed by atoms with van der Waals surface area (Å²) in [6.45, 7) is 4.93. The van der Waals surface area contributed by atoms with Gasteiger partial charge in [0.15, 0.2) is 0 Å². The number of guanidine groups is 2. The van der Waals surface area contributed by atoms with Crippen LogP contribution in [0, 0.1) is 13.8 Å². The Labute approximate surface area is 129 Å². The molecule has 116 valence electrons. The fourth-order valence-electron chi connectivity index (χ4n) is 1.60. The summed E-state index contributed by atoms with van der Waals surface area (Å²) >= 11 is 6.10. The minimum atomic E-state index is -0.107. The van der Waals surface area contributed by atoms with Gasteiger partial charge in [-0.05, 0) is 37.1 Å². The maximum atomic E-state index is 6.10. The predicted octanol–water partition coefficient (Wildman–Crippen LogP) is 0.818. The third-order valence-electron chi connectivity index (χ3n) is 2.56. The summed E-state index contributed by atoms with van der Waals surface area (Å²) in [6.07, 6.45) is 0.713. The van der Waals surface area contributed by atoms with Gasteiger partial charge < -0.3 is 21.9 Å². The van der Waals surface area contributed by atoms with E-state index in [1.54, 1.807) is 0 Å². The van der Waals surface area contributed by atoms with Crippen LogP contribution in [0.5, 0.6) is 5.75 Å². The molecule has 1 rings (SSSR count). The number of nitrogens with zero attached hydrogens (tertiary/aromatic N) is 2. The van der Waals surface area contributed by atoms with Crippen molar-refractivity contribution in [3.63, 3.8) is 0 Å². The lowest BCUT2D eigenvalue weighted by Gasteiger charge is -2.09. The summed E-state index contributed by atoms with van der Waals surface area (Å²) in [5, 5.41) is 4.29. The summed E-state index contributed by atoms with van der Waals surface area (Å²) in [7, 11) is 0. The van der Waals surface area contributed by atoms with Crippen molar-refractivity contribution in [1.29, 1.82) is 0 Å². The van der Waals surface area contributed by atoms with Gasteiger partial charge in [-0.3, -0.25) is 4.99 Å². The van der Waals surface area contributed by atoms with Gasteiger partial charge in [-0.15, -0.1) is 5.10 Å². The molecule has 1 aromatic carbocycles. The van der Waals surface area contributed by atoms with Crippen molar-refractivity contribution in [2.24, 2.45) is 27.3 Å². The van der Waals surface area contributed by atoms with Crippen LogP contribution in [0.4, 0.5) is 0 Å². The van der Waals surface area contributed by atoms with Crippen LogP contribution in [-0.2, 0) is 0 Å². The summed E-state index contributed by atoms with van der Waals surface area (Å²) < 4.78 is 5.65. The quantitative estimate of drug-likeness (QED) is 0.268. The molecule has 0 unspecified atom stereocenters. The van der Waals surface area contributed by atoms with E-state index < -0.39 is 0 Å². The Hall–Kier alpha value is -2.15. The van der Waals surface area contributed by atoms with E-state index in [9.17, 15) is 0 Å². The molecule has 7 nitrogen and oxygen atoms in total. The zero-order chi connectivity index (χ0) is 15.8. The van der Waals surface area contributed by atoms with Gasteiger partial charge in [-0.2, -0.15) is 0 Å². The second-order valence-electron chi connectivity index (χ2n) is 4.49. The summed E-state index contributed by atoms with van der Waals surface area (Å²) in [5.41, 5.74) is 20.2. The molecule has 0 radical (unpaired) electrons. The van der Waals surface area contributed by atoms with Crippen LogP contribution < -0.4 is 27.4 Å². The molecule has 0 fully saturated rings. The molecule has 0 aromatic heterocycles. The van der Waals surface area contributed by atoms with E-state index in [2.05, 4.69) is 15.5 Å². The summed E-state index contributed by atoms with van der Waals surface area (Å²) in [5.74, 6) is 0.844. The van der Waals surface area contributed by atoms with Gasteiger partial charge in [0.25, 0.3) is 0 Å². The number of hydrazone groups is 1. The first kappa shape index (κ1) is 16.9. The van der Waals surface area contributed by atoms with E-state index in [1.165, 1.54) is 0 Å². The van der Waals surface area contributed by atoms with E-state index in [1.807, 2.05) is 26.0 Å². The second kappa shape index (κ2) is 8.21. The first-order valence-corrected chi connectivity index (χ1v) is 6.82. The van der Waals surface area contributed by atoms with E-state index >= 15 is 0 Å². The second-order valence-corrected chi connectivity index (χ2v) is 4.87. The van der Waals surface area contributed by atoms with Gasteiger partial charge in [-0.25, -0.2) is 5.43 Å². The molecule has 0 saturated carbocycles. The number of nitrogens with one attached hydrogen (secondary N) is 1. The molecule has 0 spiro atoms. The topological polar surface area (TPSA) is 124 Å². The molecule has 21 heavy (non-hydrogen) atoms. The molecule has 7 N–H and O–H groups in total. The van der Waals surface area contributed by atoms with Crippen molar-refractivity contribution in [3.05, 3.63) is 28.3 Å². The minimum Gasteiger partial charge on any atom is -0.494 e. The zero-order valence-corrected chi connectivity index (χ0v) is 12.9. The Morgan fingerprint density at radius 1 is 1.24 bits per heavy atom. The van der Waals surface area contributed by atoms with E-state index in [0.717, 1.165) is 21.9 Å². The highest BCUT2D eigenvalue weighted by Crippen LogP contribution is 2.25. The minimum absolute atomic E-state index is 0.107. The maximum Gasteiger partial charge on any atom is 0.209 e. The van der Waals surface area contributed by atoms with Gasteiger partial charge in [-0.1, -0.05) is 11.6 Å². The number of ether oxygens (including phenoxy) is 1. The first-order chi connectivity index (χ1) is 9.90. The van der Waals surface area contributed by atoms with Crippen molar-refractivity contribution >= 4 is 23.5 Å².